The summed E-state index contributed by atoms with van der Waals surface area (Å²) in [7, 11) is -3.05. The molecule has 0 amide bonds. The smallest absolute Gasteiger partial charge is 0.157 e. The van der Waals surface area contributed by atoms with Gasteiger partial charge in [0.05, 0.1) is 22.5 Å². The van der Waals surface area contributed by atoms with Gasteiger partial charge in [-0.15, -0.1) is 0 Å². The predicted octanol–water partition coefficient (Wildman–Crippen LogP) is 2.43. The van der Waals surface area contributed by atoms with Crippen molar-refractivity contribution in [1.82, 2.24) is 0 Å². The molecule has 0 N–H and O–H groups in total. The van der Waals surface area contributed by atoms with Crippen molar-refractivity contribution in [2.75, 3.05) is 0 Å². The molecule has 90 valence electrons. The molecule has 0 bridgehead atoms. The zero-order valence-electron chi connectivity index (χ0n) is 9.56. The largest absolute Gasteiger partial charge is 0.228 e. The highest BCUT2D eigenvalue weighted by atomic mass is 32.2. The molecule has 2 aliphatic carbocycles. The lowest BCUT2D eigenvalue weighted by Crippen LogP contribution is -2.37. The van der Waals surface area contributed by atoms with E-state index in [-0.39, 0.29) is 16.4 Å². The van der Waals surface area contributed by atoms with Crippen molar-refractivity contribution in [2.45, 2.75) is 61.9 Å². The average molecular weight is 241 g/mol. The van der Waals surface area contributed by atoms with Crippen molar-refractivity contribution in [3.63, 3.8) is 0 Å². The maximum absolute atomic E-state index is 12.4. The Morgan fingerprint density at radius 3 is 2.12 bits per heavy atom. The van der Waals surface area contributed by atoms with E-state index >= 15 is 0 Å². The van der Waals surface area contributed by atoms with Gasteiger partial charge in [-0.25, -0.2) is 8.42 Å². The normalized spacial score (nSPS) is 32.4. The van der Waals surface area contributed by atoms with Gasteiger partial charge in [0.2, 0.25) is 0 Å². The van der Waals surface area contributed by atoms with Gasteiger partial charge in [0.1, 0.15) is 0 Å². The Morgan fingerprint density at radius 1 is 0.938 bits per heavy atom. The fraction of sp³-hybridized carbons (Fsp3) is 0.917. The Bertz CT molecular complexity index is 376. The summed E-state index contributed by atoms with van der Waals surface area (Å²) in [4.78, 5) is 0. The molecule has 0 aromatic heterocycles. The van der Waals surface area contributed by atoms with Gasteiger partial charge in [0.15, 0.2) is 9.84 Å². The SMILES string of the molecule is N#CC1CCCCC1S(=O)(=O)C1CCCC1. The standard InChI is InChI=1S/C12H19NO2S/c13-9-10-5-1-4-8-12(10)16(14,15)11-6-2-3-7-11/h10-12H,1-8H2. The number of sulfone groups is 1. The van der Waals surface area contributed by atoms with E-state index in [2.05, 4.69) is 6.07 Å². The molecule has 0 spiro atoms. The van der Waals surface area contributed by atoms with E-state index in [1.54, 1.807) is 0 Å². The first-order chi connectivity index (χ1) is 7.66. The molecule has 0 radical (unpaired) electrons. The van der Waals surface area contributed by atoms with Crippen LogP contribution in [0.1, 0.15) is 51.4 Å². The summed E-state index contributed by atoms with van der Waals surface area (Å²) in [5.41, 5.74) is 0. The summed E-state index contributed by atoms with van der Waals surface area (Å²) >= 11 is 0. The summed E-state index contributed by atoms with van der Waals surface area (Å²) in [5, 5.41) is 8.54. The molecule has 2 rings (SSSR count). The molecule has 2 aliphatic rings. The summed E-state index contributed by atoms with van der Waals surface area (Å²) in [6.45, 7) is 0. The number of hydrogen-bond donors (Lipinski definition) is 0. The Labute approximate surface area is 97.8 Å². The third kappa shape index (κ3) is 2.10. The fourth-order valence-electron chi connectivity index (χ4n) is 3.10. The molecule has 0 aliphatic heterocycles. The molecular formula is C12H19NO2S. The zero-order valence-corrected chi connectivity index (χ0v) is 10.4. The van der Waals surface area contributed by atoms with Gasteiger partial charge in [-0.05, 0) is 25.7 Å². The van der Waals surface area contributed by atoms with E-state index in [0.29, 0.717) is 6.42 Å². The maximum atomic E-state index is 12.4. The molecule has 0 heterocycles. The highest BCUT2D eigenvalue weighted by Gasteiger charge is 2.41. The number of nitrogens with zero attached hydrogens (tertiary/aromatic N) is 1. The van der Waals surface area contributed by atoms with Crippen LogP contribution in [0.4, 0.5) is 0 Å². The van der Waals surface area contributed by atoms with Crippen molar-refractivity contribution >= 4 is 9.84 Å². The van der Waals surface area contributed by atoms with Gasteiger partial charge in [-0.1, -0.05) is 25.7 Å². The Morgan fingerprint density at radius 2 is 1.50 bits per heavy atom. The van der Waals surface area contributed by atoms with E-state index in [1.807, 2.05) is 0 Å². The van der Waals surface area contributed by atoms with Crippen molar-refractivity contribution < 1.29 is 8.42 Å². The van der Waals surface area contributed by atoms with E-state index in [9.17, 15) is 8.42 Å². The first-order valence-corrected chi connectivity index (χ1v) is 7.89. The Hall–Kier alpha value is -0.560. The van der Waals surface area contributed by atoms with Gasteiger partial charge in [0.25, 0.3) is 0 Å². The second kappa shape index (κ2) is 4.75. The summed E-state index contributed by atoms with van der Waals surface area (Å²) in [5.74, 6) is -0.251. The molecule has 16 heavy (non-hydrogen) atoms. The number of rotatable bonds is 2. The molecule has 0 aromatic rings. The molecule has 0 saturated heterocycles. The molecule has 2 saturated carbocycles. The van der Waals surface area contributed by atoms with Crippen LogP contribution in [0.3, 0.4) is 0 Å². The minimum absolute atomic E-state index is 0.147. The summed E-state index contributed by atoms with van der Waals surface area (Å²) in [6.07, 6.45) is 7.16. The van der Waals surface area contributed by atoms with E-state index < -0.39 is 9.84 Å². The van der Waals surface area contributed by atoms with Crippen LogP contribution in [0.25, 0.3) is 0 Å². The molecule has 0 aromatic carbocycles. The lowest BCUT2D eigenvalue weighted by molar-refractivity contribution is 0.415. The van der Waals surface area contributed by atoms with Crippen LogP contribution in [0.15, 0.2) is 0 Å². The van der Waals surface area contributed by atoms with Crippen molar-refractivity contribution in [3.8, 4) is 6.07 Å². The molecule has 2 unspecified atom stereocenters. The van der Waals surface area contributed by atoms with Crippen LogP contribution >= 0.6 is 0 Å². The summed E-state index contributed by atoms with van der Waals surface area (Å²) in [6, 6.07) is 2.20. The summed E-state index contributed by atoms with van der Waals surface area (Å²) < 4.78 is 24.8. The second-order valence-corrected chi connectivity index (χ2v) is 7.50. The maximum Gasteiger partial charge on any atom is 0.157 e. The zero-order chi connectivity index (χ0) is 11.6. The van der Waals surface area contributed by atoms with Gasteiger partial charge in [-0.2, -0.15) is 5.26 Å². The van der Waals surface area contributed by atoms with E-state index in [1.165, 1.54) is 0 Å². The van der Waals surface area contributed by atoms with Crippen LogP contribution < -0.4 is 0 Å². The Balaban J connectivity index is 2.18. The van der Waals surface area contributed by atoms with Gasteiger partial charge in [-0.3, -0.25) is 0 Å². The molecule has 4 heteroatoms. The lowest BCUT2D eigenvalue weighted by Gasteiger charge is -2.28. The van der Waals surface area contributed by atoms with Gasteiger partial charge in [0, 0.05) is 0 Å². The quantitative estimate of drug-likeness (QED) is 0.746. The molecule has 3 nitrogen and oxygen atoms in total. The lowest BCUT2D eigenvalue weighted by atomic mass is 9.90. The molecular weight excluding hydrogens is 222 g/mol. The predicted molar refractivity (Wildman–Crippen MR) is 62.5 cm³/mol. The third-order valence-electron chi connectivity index (χ3n) is 4.06. The van der Waals surface area contributed by atoms with Crippen LogP contribution in [-0.4, -0.2) is 18.9 Å². The van der Waals surface area contributed by atoms with Crippen LogP contribution in [0.5, 0.6) is 0 Å². The average Bonchev–Trinajstić information content (AvgIpc) is 2.83. The number of hydrogen-bond acceptors (Lipinski definition) is 3. The monoisotopic (exact) mass is 241 g/mol. The Kier molecular flexibility index (Phi) is 3.53. The molecule has 2 fully saturated rings. The van der Waals surface area contributed by atoms with Crippen LogP contribution in [0.2, 0.25) is 0 Å². The second-order valence-electron chi connectivity index (χ2n) is 5.05. The third-order valence-corrected chi connectivity index (χ3v) is 6.87. The van der Waals surface area contributed by atoms with E-state index in [0.717, 1.165) is 44.9 Å². The number of nitriles is 1. The minimum atomic E-state index is -3.05. The highest BCUT2D eigenvalue weighted by molar-refractivity contribution is 7.92. The van der Waals surface area contributed by atoms with Crippen molar-refractivity contribution in [3.05, 3.63) is 0 Å². The first kappa shape index (κ1) is 11.9. The molecule has 2 atom stereocenters. The first-order valence-electron chi connectivity index (χ1n) is 6.28. The van der Waals surface area contributed by atoms with Gasteiger partial charge < -0.3 is 0 Å². The van der Waals surface area contributed by atoms with Crippen LogP contribution in [0, 0.1) is 17.2 Å². The van der Waals surface area contributed by atoms with Gasteiger partial charge >= 0.3 is 0 Å². The van der Waals surface area contributed by atoms with Crippen molar-refractivity contribution in [2.24, 2.45) is 5.92 Å². The van der Waals surface area contributed by atoms with Crippen LogP contribution in [-0.2, 0) is 9.84 Å². The fourth-order valence-corrected chi connectivity index (χ4v) is 5.74. The minimum Gasteiger partial charge on any atom is -0.228 e. The highest BCUT2D eigenvalue weighted by Crippen LogP contribution is 2.35. The topological polar surface area (TPSA) is 57.9 Å². The van der Waals surface area contributed by atoms with Crippen molar-refractivity contribution in [1.29, 1.82) is 5.26 Å². The van der Waals surface area contributed by atoms with E-state index in [4.69, 9.17) is 5.26 Å².